The number of fused-ring (bicyclic) bond motifs is 3. The number of nitriles is 1. The first-order valence-corrected chi connectivity index (χ1v) is 7.46. The highest BCUT2D eigenvalue weighted by molar-refractivity contribution is 6.30. The number of allylic oxidation sites excluding steroid dienone is 1. The lowest BCUT2D eigenvalue weighted by Gasteiger charge is -2.27. The number of hydrogen-bond acceptors (Lipinski definition) is 4. The summed E-state index contributed by atoms with van der Waals surface area (Å²) in [5.74, 6) is 0.956. The summed E-state index contributed by atoms with van der Waals surface area (Å²) in [6, 6.07) is 17.1. The third-order valence-corrected chi connectivity index (χ3v) is 4.22. The van der Waals surface area contributed by atoms with Crippen molar-refractivity contribution in [3.8, 4) is 6.07 Å². The van der Waals surface area contributed by atoms with Crippen LogP contribution in [0.15, 0.2) is 59.9 Å². The number of aromatic nitrogens is 2. The monoisotopic (exact) mass is 321 g/mol. The first-order chi connectivity index (χ1) is 11.2. The molecule has 2 heterocycles. The molecule has 0 aliphatic carbocycles. The Morgan fingerprint density at radius 2 is 1.91 bits per heavy atom. The molecule has 0 spiro atoms. The van der Waals surface area contributed by atoms with Crippen LogP contribution in [0.25, 0.3) is 11.0 Å². The highest BCUT2D eigenvalue weighted by Crippen LogP contribution is 2.37. The van der Waals surface area contributed by atoms with Crippen LogP contribution >= 0.6 is 11.6 Å². The van der Waals surface area contributed by atoms with Crippen molar-refractivity contribution in [1.82, 2.24) is 9.55 Å². The van der Waals surface area contributed by atoms with Crippen molar-refractivity contribution in [2.24, 2.45) is 5.73 Å². The van der Waals surface area contributed by atoms with Gasteiger partial charge < -0.3 is 11.1 Å². The summed E-state index contributed by atoms with van der Waals surface area (Å²) in [5.41, 5.74) is 9.23. The molecule has 2 aromatic carbocycles. The van der Waals surface area contributed by atoms with Crippen molar-refractivity contribution in [1.29, 1.82) is 5.26 Å². The van der Waals surface area contributed by atoms with E-state index in [1.165, 1.54) is 0 Å². The molecule has 0 fully saturated rings. The standard InChI is InChI=1S/C17H12ClN5/c18-11-7-5-10(6-8-11)15-12(9-19)16(20)22-17-21-13-3-1-2-4-14(13)23(15)17/h1-8,15H,20H2,(H,21,22)/t15-/m0/s1. The number of benzene rings is 2. The molecule has 0 unspecified atom stereocenters. The van der Waals surface area contributed by atoms with Crippen LogP contribution in [-0.2, 0) is 0 Å². The van der Waals surface area contributed by atoms with Crippen LogP contribution < -0.4 is 11.1 Å². The fraction of sp³-hybridized carbons (Fsp3) is 0.0588. The van der Waals surface area contributed by atoms with E-state index in [1.54, 1.807) is 0 Å². The van der Waals surface area contributed by atoms with Crippen LogP contribution in [0.5, 0.6) is 0 Å². The molecule has 112 valence electrons. The third kappa shape index (κ3) is 2.04. The number of nitrogens with one attached hydrogen (secondary N) is 1. The fourth-order valence-corrected chi connectivity index (χ4v) is 3.07. The lowest BCUT2D eigenvalue weighted by molar-refractivity contribution is 0.680. The van der Waals surface area contributed by atoms with Gasteiger partial charge in [-0.25, -0.2) is 4.98 Å². The van der Waals surface area contributed by atoms with Gasteiger partial charge in [0.25, 0.3) is 0 Å². The molecule has 0 saturated carbocycles. The van der Waals surface area contributed by atoms with E-state index in [1.807, 2.05) is 53.1 Å². The second kappa shape index (κ2) is 5.04. The largest absolute Gasteiger partial charge is 0.384 e. The van der Waals surface area contributed by atoms with E-state index in [2.05, 4.69) is 16.4 Å². The zero-order valence-electron chi connectivity index (χ0n) is 12.0. The quantitative estimate of drug-likeness (QED) is 0.720. The summed E-state index contributed by atoms with van der Waals surface area (Å²) in [5, 5.41) is 13.3. The lowest BCUT2D eigenvalue weighted by atomic mass is 9.97. The molecule has 0 radical (unpaired) electrons. The summed E-state index contributed by atoms with van der Waals surface area (Å²) in [6.07, 6.45) is 0. The van der Waals surface area contributed by atoms with Crippen LogP contribution in [-0.4, -0.2) is 9.55 Å². The molecular formula is C17H12ClN5. The van der Waals surface area contributed by atoms with Gasteiger partial charge in [0.2, 0.25) is 5.95 Å². The van der Waals surface area contributed by atoms with E-state index in [9.17, 15) is 5.26 Å². The lowest BCUT2D eigenvalue weighted by Crippen LogP contribution is -2.27. The average molecular weight is 322 g/mol. The van der Waals surface area contributed by atoms with Gasteiger partial charge in [0.15, 0.2) is 0 Å². The van der Waals surface area contributed by atoms with E-state index in [4.69, 9.17) is 17.3 Å². The molecule has 23 heavy (non-hydrogen) atoms. The molecule has 6 heteroatoms. The maximum atomic E-state index is 9.60. The van der Waals surface area contributed by atoms with Gasteiger partial charge in [0.05, 0.1) is 16.6 Å². The average Bonchev–Trinajstić information content (AvgIpc) is 2.92. The Morgan fingerprint density at radius 1 is 1.17 bits per heavy atom. The molecule has 1 aliphatic rings. The minimum absolute atomic E-state index is 0.329. The number of hydrogen-bond donors (Lipinski definition) is 2. The molecule has 0 bridgehead atoms. The normalized spacial score (nSPS) is 16.8. The predicted molar refractivity (Wildman–Crippen MR) is 89.8 cm³/mol. The Kier molecular flexibility index (Phi) is 3.00. The van der Waals surface area contributed by atoms with Crippen molar-refractivity contribution >= 4 is 28.6 Å². The number of para-hydroxylation sites is 2. The smallest absolute Gasteiger partial charge is 0.210 e. The molecule has 0 amide bonds. The zero-order chi connectivity index (χ0) is 16.0. The van der Waals surface area contributed by atoms with Crippen LogP contribution in [0.3, 0.4) is 0 Å². The fourth-order valence-electron chi connectivity index (χ4n) is 2.94. The van der Waals surface area contributed by atoms with Gasteiger partial charge in [0.1, 0.15) is 17.9 Å². The van der Waals surface area contributed by atoms with E-state index < -0.39 is 0 Å². The summed E-state index contributed by atoms with van der Waals surface area (Å²) >= 11 is 5.99. The molecule has 4 rings (SSSR count). The van der Waals surface area contributed by atoms with Crippen LogP contribution in [0.4, 0.5) is 5.95 Å². The first-order valence-electron chi connectivity index (χ1n) is 7.08. The second-order valence-electron chi connectivity index (χ2n) is 5.31. The van der Waals surface area contributed by atoms with Crippen molar-refractivity contribution < 1.29 is 0 Å². The van der Waals surface area contributed by atoms with Gasteiger partial charge >= 0.3 is 0 Å². The number of rotatable bonds is 1. The van der Waals surface area contributed by atoms with E-state index in [0.29, 0.717) is 22.4 Å². The van der Waals surface area contributed by atoms with E-state index in [-0.39, 0.29) is 6.04 Å². The van der Waals surface area contributed by atoms with Crippen molar-refractivity contribution in [3.05, 3.63) is 70.5 Å². The zero-order valence-corrected chi connectivity index (χ0v) is 12.7. The van der Waals surface area contributed by atoms with Crippen LogP contribution in [0, 0.1) is 11.3 Å². The second-order valence-corrected chi connectivity index (χ2v) is 5.75. The number of nitrogens with zero attached hydrogens (tertiary/aromatic N) is 3. The van der Waals surface area contributed by atoms with E-state index in [0.717, 1.165) is 16.6 Å². The molecule has 1 atom stereocenters. The molecule has 1 aromatic heterocycles. The van der Waals surface area contributed by atoms with Gasteiger partial charge in [-0.15, -0.1) is 0 Å². The third-order valence-electron chi connectivity index (χ3n) is 3.97. The molecule has 1 aliphatic heterocycles. The summed E-state index contributed by atoms with van der Waals surface area (Å²) in [6.45, 7) is 0. The Labute approximate surface area is 137 Å². The van der Waals surface area contributed by atoms with Gasteiger partial charge in [-0.3, -0.25) is 4.57 Å². The van der Waals surface area contributed by atoms with Crippen molar-refractivity contribution in [2.75, 3.05) is 5.32 Å². The number of anilines is 1. The Morgan fingerprint density at radius 3 is 2.65 bits per heavy atom. The molecule has 3 N–H and O–H groups in total. The topological polar surface area (TPSA) is 79.7 Å². The predicted octanol–water partition coefficient (Wildman–Crippen LogP) is 3.40. The highest BCUT2D eigenvalue weighted by Gasteiger charge is 2.30. The number of nitrogens with two attached hydrogens (primary N) is 1. The molecule has 3 aromatic rings. The van der Waals surface area contributed by atoms with Crippen LogP contribution in [0.2, 0.25) is 5.02 Å². The molecule has 0 saturated heterocycles. The van der Waals surface area contributed by atoms with Crippen LogP contribution in [0.1, 0.15) is 11.6 Å². The minimum Gasteiger partial charge on any atom is -0.384 e. The minimum atomic E-state index is -0.332. The Bertz CT molecular complexity index is 978. The van der Waals surface area contributed by atoms with Gasteiger partial charge in [0, 0.05) is 5.02 Å². The summed E-state index contributed by atoms with van der Waals surface area (Å²) in [7, 11) is 0. The van der Waals surface area contributed by atoms with Crippen molar-refractivity contribution in [3.63, 3.8) is 0 Å². The maximum Gasteiger partial charge on any atom is 0.210 e. The van der Waals surface area contributed by atoms with Gasteiger partial charge in [-0.1, -0.05) is 35.9 Å². The molecule has 5 nitrogen and oxygen atoms in total. The number of imidazole rings is 1. The first kappa shape index (κ1) is 13.7. The Balaban J connectivity index is 2.02. The van der Waals surface area contributed by atoms with Crippen molar-refractivity contribution in [2.45, 2.75) is 6.04 Å². The van der Waals surface area contributed by atoms with E-state index >= 15 is 0 Å². The number of halogens is 1. The SMILES string of the molecule is N#CC1=C(N)Nc2nc3ccccc3n2[C@H]1c1ccc(Cl)cc1. The Hall–Kier alpha value is -2.97. The van der Waals surface area contributed by atoms with Gasteiger partial charge in [-0.05, 0) is 29.8 Å². The maximum absolute atomic E-state index is 9.60. The molecular weight excluding hydrogens is 310 g/mol. The highest BCUT2D eigenvalue weighted by atomic mass is 35.5. The van der Waals surface area contributed by atoms with Gasteiger partial charge in [-0.2, -0.15) is 5.26 Å². The summed E-state index contributed by atoms with van der Waals surface area (Å²) in [4.78, 5) is 4.57. The summed E-state index contributed by atoms with van der Waals surface area (Å²) < 4.78 is 1.99.